The van der Waals surface area contributed by atoms with Crippen LogP contribution in [0.2, 0.25) is 0 Å². The number of hydrogen-bond donors (Lipinski definition) is 2. The summed E-state index contributed by atoms with van der Waals surface area (Å²) in [5, 5.41) is 8.98. The zero-order valence-electron chi connectivity index (χ0n) is 18.0. The van der Waals surface area contributed by atoms with Crippen LogP contribution in [0, 0.1) is 11.8 Å². The molecule has 0 unspecified atom stereocenters. The smallest absolute Gasteiger partial charge is 0.309 e. The van der Waals surface area contributed by atoms with Gasteiger partial charge in [-0.3, -0.25) is 14.7 Å². The van der Waals surface area contributed by atoms with Gasteiger partial charge in [0.1, 0.15) is 0 Å². The molecule has 31 heavy (non-hydrogen) atoms. The highest BCUT2D eigenvalue weighted by molar-refractivity contribution is 5.71. The molecule has 3 heterocycles. The molecule has 7 heteroatoms. The van der Waals surface area contributed by atoms with Crippen molar-refractivity contribution in [2.75, 3.05) is 13.1 Å². The topological polar surface area (TPSA) is 97.3 Å². The number of aromatic nitrogens is 3. The molecule has 0 aliphatic carbocycles. The fourth-order valence-corrected chi connectivity index (χ4v) is 3.97. The molecule has 1 aromatic carbocycles. The molecule has 0 amide bonds. The molecule has 1 saturated heterocycles. The molecule has 0 saturated carbocycles. The third-order valence-corrected chi connectivity index (χ3v) is 5.73. The minimum Gasteiger partial charge on any atom is -0.481 e. The summed E-state index contributed by atoms with van der Waals surface area (Å²) in [4.78, 5) is 22.1. The largest absolute Gasteiger partial charge is 0.481 e. The molecule has 0 radical (unpaired) electrons. The van der Waals surface area contributed by atoms with E-state index >= 15 is 0 Å². The fourth-order valence-electron chi connectivity index (χ4n) is 3.97. The number of imidazole rings is 1. The summed E-state index contributed by atoms with van der Waals surface area (Å²) in [6.45, 7) is 6.79. The SMILES string of the molecule is CC(C)Cc1ccc(-c2cn(-c3ccc(CN4CC(C(=O)O)C4)nc3)cn2)cc1CN. The third kappa shape index (κ3) is 4.84. The standard InChI is InChI=1S/C24H29N5O2/c1-16(2)7-17-3-4-18(8-19(17)9-25)23-14-29(15-27-23)22-6-5-21(26-10-22)13-28-11-20(12-28)24(30)31/h3-6,8,10,14-16,20H,7,9,11-13,25H2,1-2H3,(H,30,31). The molecule has 4 rings (SSSR count). The number of likely N-dealkylation sites (tertiary alicyclic amines) is 1. The van der Waals surface area contributed by atoms with Gasteiger partial charge in [0.2, 0.25) is 0 Å². The van der Waals surface area contributed by atoms with Crippen molar-refractivity contribution >= 4 is 5.97 Å². The molecule has 0 spiro atoms. The number of nitrogens with zero attached hydrogens (tertiary/aromatic N) is 4. The Labute approximate surface area is 182 Å². The average molecular weight is 420 g/mol. The van der Waals surface area contributed by atoms with Crippen molar-refractivity contribution in [1.82, 2.24) is 19.4 Å². The van der Waals surface area contributed by atoms with Gasteiger partial charge in [-0.1, -0.05) is 26.0 Å². The van der Waals surface area contributed by atoms with E-state index in [0.29, 0.717) is 32.1 Å². The van der Waals surface area contributed by atoms with Gasteiger partial charge in [-0.05, 0) is 41.7 Å². The minimum absolute atomic E-state index is 0.247. The van der Waals surface area contributed by atoms with Gasteiger partial charge in [-0.2, -0.15) is 0 Å². The Morgan fingerprint density at radius 3 is 2.65 bits per heavy atom. The van der Waals surface area contributed by atoms with E-state index in [-0.39, 0.29) is 5.92 Å². The van der Waals surface area contributed by atoms with Crippen molar-refractivity contribution in [3.63, 3.8) is 0 Å². The van der Waals surface area contributed by atoms with E-state index in [2.05, 4.69) is 46.9 Å². The second kappa shape index (κ2) is 8.99. The summed E-state index contributed by atoms with van der Waals surface area (Å²) in [7, 11) is 0. The fraction of sp³-hybridized carbons (Fsp3) is 0.375. The van der Waals surface area contributed by atoms with Crippen LogP contribution in [0.25, 0.3) is 16.9 Å². The molecule has 7 nitrogen and oxygen atoms in total. The summed E-state index contributed by atoms with van der Waals surface area (Å²) < 4.78 is 1.96. The number of rotatable bonds is 8. The van der Waals surface area contributed by atoms with E-state index in [0.717, 1.165) is 29.1 Å². The molecule has 162 valence electrons. The van der Waals surface area contributed by atoms with E-state index in [1.807, 2.05) is 29.1 Å². The molecule has 1 fully saturated rings. The maximum Gasteiger partial charge on any atom is 0.309 e. The Kier molecular flexibility index (Phi) is 6.15. The maximum atomic E-state index is 10.9. The Bertz CT molecular complexity index is 1050. The van der Waals surface area contributed by atoms with Gasteiger partial charge >= 0.3 is 5.97 Å². The van der Waals surface area contributed by atoms with E-state index in [1.165, 1.54) is 11.1 Å². The minimum atomic E-state index is -0.719. The van der Waals surface area contributed by atoms with Crippen molar-refractivity contribution in [3.05, 3.63) is 65.9 Å². The molecule has 3 aromatic rings. The quantitative estimate of drug-likeness (QED) is 0.582. The third-order valence-electron chi connectivity index (χ3n) is 5.73. The van der Waals surface area contributed by atoms with Gasteiger partial charge in [-0.25, -0.2) is 4.98 Å². The van der Waals surface area contributed by atoms with Gasteiger partial charge in [0, 0.05) is 37.9 Å². The van der Waals surface area contributed by atoms with Gasteiger partial charge in [0.05, 0.1) is 35.5 Å². The molecule has 2 aromatic heterocycles. The highest BCUT2D eigenvalue weighted by Crippen LogP contribution is 2.24. The zero-order valence-corrected chi connectivity index (χ0v) is 18.0. The maximum absolute atomic E-state index is 10.9. The second-order valence-corrected chi connectivity index (χ2v) is 8.69. The highest BCUT2D eigenvalue weighted by atomic mass is 16.4. The lowest BCUT2D eigenvalue weighted by Gasteiger charge is -2.36. The molecular formula is C24H29N5O2. The van der Waals surface area contributed by atoms with E-state index in [1.54, 1.807) is 6.33 Å². The molecule has 0 bridgehead atoms. The van der Waals surface area contributed by atoms with E-state index in [4.69, 9.17) is 10.8 Å². The van der Waals surface area contributed by atoms with Gasteiger partial charge in [0.25, 0.3) is 0 Å². The first-order valence-corrected chi connectivity index (χ1v) is 10.7. The molecule has 1 aliphatic rings. The number of carboxylic acid groups (broad SMARTS) is 1. The number of hydrogen-bond acceptors (Lipinski definition) is 5. The summed E-state index contributed by atoms with van der Waals surface area (Å²) in [5.74, 6) is -0.378. The number of nitrogens with two attached hydrogens (primary N) is 1. The van der Waals surface area contributed by atoms with E-state index < -0.39 is 5.97 Å². The highest BCUT2D eigenvalue weighted by Gasteiger charge is 2.32. The van der Waals surface area contributed by atoms with Crippen LogP contribution >= 0.6 is 0 Å². The van der Waals surface area contributed by atoms with Crippen LogP contribution in [0.15, 0.2) is 49.1 Å². The van der Waals surface area contributed by atoms with Crippen molar-refractivity contribution < 1.29 is 9.90 Å². The number of benzene rings is 1. The first kappa shape index (κ1) is 21.2. The number of carbonyl (C=O) groups is 1. The molecular weight excluding hydrogens is 390 g/mol. The van der Waals surface area contributed by atoms with Crippen LogP contribution < -0.4 is 5.73 Å². The zero-order chi connectivity index (χ0) is 22.0. The molecule has 1 aliphatic heterocycles. The van der Waals surface area contributed by atoms with Crippen molar-refractivity contribution in [2.24, 2.45) is 17.6 Å². The van der Waals surface area contributed by atoms with E-state index in [9.17, 15) is 4.79 Å². The number of carboxylic acids is 1. The van der Waals surface area contributed by atoms with Crippen molar-refractivity contribution in [3.8, 4) is 16.9 Å². The van der Waals surface area contributed by atoms with Crippen LogP contribution in [0.5, 0.6) is 0 Å². The summed E-state index contributed by atoms with van der Waals surface area (Å²) in [6, 6.07) is 10.4. The van der Waals surface area contributed by atoms with Crippen LogP contribution in [-0.4, -0.2) is 43.6 Å². The molecule has 3 N–H and O–H groups in total. The first-order valence-electron chi connectivity index (χ1n) is 10.7. The Balaban J connectivity index is 1.44. The average Bonchev–Trinajstić information content (AvgIpc) is 3.20. The second-order valence-electron chi connectivity index (χ2n) is 8.69. The van der Waals surface area contributed by atoms with Crippen LogP contribution in [0.3, 0.4) is 0 Å². The van der Waals surface area contributed by atoms with Crippen molar-refractivity contribution in [1.29, 1.82) is 0 Å². The predicted molar refractivity (Wildman–Crippen MR) is 120 cm³/mol. The normalized spacial score (nSPS) is 14.7. The van der Waals surface area contributed by atoms with Gasteiger partial charge in [0.15, 0.2) is 0 Å². The number of aliphatic carboxylic acids is 1. The summed E-state index contributed by atoms with van der Waals surface area (Å²) in [5.41, 5.74) is 12.3. The predicted octanol–water partition coefficient (Wildman–Crippen LogP) is 3.11. The van der Waals surface area contributed by atoms with Crippen LogP contribution in [0.1, 0.15) is 30.7 Å². The Hall–Kier alpha value is -3.03. The monoisotopic (exact) mass is 419 g/mol. The van der Waals surface area contributed by atoms with Crippen molar-refractivity contribution in [2.45, 2.75) is 33.4 Å². The van der Waals surface area contributed by atoms with Gasteiger partial charge in [-0.15, -0.1) is 0 Å². The lowest BCUT2D eigenvalue weighted by atomic mass is 9.95. The Morgan fingerprint density at radius 1 is 1.19 bits per heavy atom. The number of pyridine rings is 1. The lowest BCUT2D eigenvalue weighted by Crippen LogP contribution is -2.49. The van der Waals surface area contributed by atoms with Crippen LogP contribution in [-0.2, 0) is 24.3 Å². The Morgan fingerprint density at radius 2 is 2.00 bits per heavy atom. The first-order chi connectivity index (χ1) is 14.9. The van der Waals surface area contributed by atoms with Crippen LogP contribution in [0.4, 0.5) is 0 Å². The van der Waals surface area contributed by atoms with Gasteiger partial charge < -0.3 is 15.4 Å². The summed E-state index contributed by atoms with van der Waals surface area (Å²) >= 11 is 0. The lowest BCUT2D eigenvalue weighted by molar-refractivity contribution is -0.147. The summed E-state index contributed by atoms with van der Waals surface area (Å²) in [6.07, 6.45) is 6.64. The molecule has 0 atom stereocenters.